The highest BCUT2D eigenvalue weighted by Crippen LogP contribution is 2.34. The molecule has 3 nitrogen and oxygen atoms in total. The van der Waals surface area contributed by atoms with E-state index in [2.05, 4.69) is 0 Å². The van der Waals surface area contributed by atoms with Gasteiger partial charge >= 0.3 is 0 Å². The van der Waals surface area contributed by atoms with Gasteiger partial charge in [0, 0.05) is 12.6 Å². The molecule has 0 atom stereocenters. The molecule has 0 saturated heterocycles. The molecule has 0 unspecified atom stereocenters. The number of nitrogens with two attached hydrogens (primary N) is 1. The Morgan fingerprint density at radius 2 is 1.81 bits per heavy atom. The number of nitrogens with zero attached hydrogens (tertiary/aromatic N) is 1. The maximum absolute atomic E-state index is 13.0. The van der Waals surface area contributed by atoms with Crippen molar-refractivity contribution < 1.29 is 9.18 Å². The minimum atomic E-state index is -0.680. The minimum Gasteiger partial charge on any atom is -0.334 e. The lowest BCUT2D eigenvalue weighted by Gasteiger charge is -2.37. The van der Waals surface area contributed by atoms with Crippen molar-refractivity contribution in [1.82, 2.24) is 4.90 Å². The van der Waals surface area contributed by atoms with E-state index in [4.69, 9.17) is 5.73 Å². The molecule has 2 fully saturated rings. The van der Waals surface area contributed by atoms with Crippen molar-refractivity contribution in [3.05, 3.63) is 35.6 Å². The van der Waals surface area contributed by atoms with Gasteiger partial charge in [0.2, 0.25) is 5.91 Å². The fraction of sp³-hybridized carbons (Fsp3) is 0.588. The van der Waals surface area contributed by atoms with Crippen LogP contribution in [0.4, 0.5) is 4.39 Å². The molecule has 2 aliphatic carbocycles. The molecule has 1 aromatic rings. The van der Waals surface area contributed by atoms with Crippen LogP contribution < -0.4 is 5.73 Å². The molecule has 21 heavy (non-hydrogen) atoms. The summed E-state index contributed by atoms with van der Waals surface area (Å²) in [6.45, 7) is 0.544. The summed E-state index contributed by atoms with van der Waals surface area (Å²) in [5.74, 6) is -0.153. The van der Waals surface area contributed by atoms with Crippen LogP contribution in [-0.2, 0) is 11.3 Å². The van der Waals surface area contributed by atoms with Crippen molar-refractivity contribution in [3.8, 4) is 0 Å². The molecule has 114 valence electrons. The maximum atomic E-state index is 13.0. The fourth-order valence-corrected chi connectivity index (χ4v) is 3.22. The highest BCUT2D eigenvalue weighted by Gasteiger charge is 2.43. The Morgan fingerprint density at radius 1 is 1.19 bits per heavy atom. The van der Waals surface area contributed by atoms with Gasteiger partial charge in [0.05, 0.1) is 5.54 Å². The van der Waals surface area contributed by atoms with Crippen LogP contribution in [0.15, 0.2) is 24.3 Å². The molecule has 0 spiro atoms. The molecular formula is C17H23FN2O. The first-order valence-corrected chi connectivity index (χ1v) is 7.93. The van der Waals surface area contributed by atoms with Crippen LogP contribution in [0.5, 0.6) is 0 Å². The largest absolute Gasteiger partial charge is 0.334 e. The summed E-state index contributed by atoms with van der Waals surface area (Å²) in [5.41, 5.74) is 6.68. The Balaban J connectivity index is 1.74. The maximum Gasteiger partial charge on any atom is 0.243 e. The molecule has 0 aromatic heterocycles. The van der Waals surface area contributed by atoms with Crippen molar-refractivity contribution in [2.45, 2.75) is 63.1 Å². The van der Waals surface area contributed by atoms with Crippen LogP contribution in [0, 0.1) is 5.82 Å². The minimum absolute atomic E-state index is 0.0917. The number of hydrogen-bond acceptors (Lipinski definition) is 2. The highest BCUT2D eigenvalue weighted by atomic mass is 19.1. The summed E-state index contributed by atoms with van der Waals surface area (Å²) in [4.78, 5) is 14.8. The zero-order valence-corrected chi connectivity index (χ0v) is 12.4. The average molecular weight is 290 g/mol. The SMILES string of the molecule is NC1(C(=O)N(Cc2ccc(F)cc2)C2CC2)CCCCC1. The van der Waals surface area contributed by atoms with E-state index < -0.39 is 5.54 Å². The van der Waals surface area contributed by atoms with Gasteiger partial charge in [-0.05, 0) is 43.4 Å². The van der Waals surface area contributed by atoms with E-state index in [0.717, 1.165) is 44.1 Å². The average Bonchev–Trinajstić information content (AvgIpc) is 3.31. The van der Waals surface area contributed by atoms with E-state index >= 15 is 0 Å². The molecule has 0 aliphatic heterocycles. The molecule has 0 heterocycles. The third-order valence-corrected chi connectivity index (χ3v) is 4.69. The van der Waals surface area contributed by atoms with Gasteiger partial charge in [-0.25, -0.2) is 4.39 Å². The molecular weight excluding hydrogens is 267 g/mol. The van der Waals surface area contributed by atoms with E-state index in [1.807, 2.05) is 4.90 Å². The van der Waals surface area contributed by atoms with Gasteiger partial charge < -0.3 is 10.6 Å². The van der Waals surface area contributed by atoms with Gasteiger partial charge in [0.25, 0.3) is 0 Å². The number of carbonyl (C=O) groups excluding carboxylic acids is 1. The van der Waals surface area contributed by atoms with Crippen LogP contribution in [-0.4, -0.2) is 22.4 Å². The van der Waals surface area contributed by atoms with E-state index in [-0.39, 0.29) is 11.7 Å². The van der Waals surface area contributed by atoms with Crippen molar-refractivity contribution in [1.29, 1.82) is 0 Å². The van der Waals surface area contributed by atoms with Crippen molar-refractivity contribution >= 4 is 5.91 Å². The zero-order chi connectivity index (χ0) is 14.9. The highest BCUT2D eigenvalue weighted by molar-refractivity contribution is 5.86. The van der Waals surface area contributed by atoms with Gasteiger partial charge in [0.15, 0.2) is 0 Å². The third-order valence-electron chi connectivity index (χ3n) is 4.69. The Bertz CT molecular complexity index is 504. The first-order valence-electron chi connectivity index (χ1n) is 7.93. The predicted molar refractivity (Wildman–Crippen MR) is 80.0 cm³/mol. The Labute approximate surface area is 125 Å². The van der Waals surface area contributed by atoms with Gasteiger partial charge in [0.1, 0.15) is 5.82 Å². The Hall–Kier alpha value is -1.42. The van der Waals surface area contributed by atoms with Gasteiger partial charge in [-0.1, -0.05) is 31.4 Å². The standard InChI is InChI=1S/C17H23FN2O/c18-14-6-4-13(5-7-14)12-20(15-8-9-15)16(21)17(19)10-2-1-3-11-17/h4-7,15H,1-3,8-12,19H2. The van der Waals surface area contributed by atoms with Crippen LogP contribution in [0.2, 0.25) is 0 Å². The predicted octanol–water partition coefficient (Wildman–Crippen LogP) is 2.98. The lowest BCUT2D eigenvalue weighted by atomic mass is 9.81. The quantitative estimate of drug-likeness (QED) is 0.926. The normalized spacial score (nSPS) is 21.0. The second-order valence-corrected chi connectivity index (χ2v) is 6.51. The molecule has 0 radical (unpaired) electrons. The molecule has 2 saturated carbocycles. The number of halogens is 1. The first kappa shape index (κ1) is 14.5. The van der Waals surface area contributed by atoms with E-state index in [9.17, 15) is 9.18 Å². The van der Waals surface area contributed by atoms with Crippen molar-refractivity contribution in [2.75, 3.05) is 0 Å². The summed E-state index contributed by atoms with van der Waals surface area (Å²) in [6.07, 6.45) is 6.95. The number of rotatable bonds is 4. The molecule has 1 aromatic carbocycles. The summed E-state index contributed by atoms with van der Waals surface area (Å²) < 4.78 is 13.0. The van der Waals surface area contributed by atoms with Crippen LogP contribution in [0.1, 0.15) is 50.5 Å². The van der Waals surface area contributed by atoms with Crippen molar-refractivity contribution in [3.63, 3.8) is 0 Å². The van der Waals surface area contributed by atoms with Crippen LogP contribution in [0.25, 0.3) is 0 Å². The summed E-state index contributed by atoms with van der Waals surface area (Å²) in [5, 5.41) is 0. The number of benzene rings is 1. The zero-order valence-electron chi connectivity index (χ0n) is 12.4. The second-order valence-electron chi connectivity index (χ2n) is 6.51. The van der Waals surface area contributed by atoms with Crippen molar-refractivity contribution in [2.24, 2.45) is 5.73 Å². The third kappa shape index (κ3) is 3.26. The Kier molecular flexibility index (Phi) is 3.98. The van der Waals surface area contributed by atoms with Crippen LogP contribution >= 0.6 is 0 Å². The second kappa shape index (κ2) is 5.76. The molecule has 0 bridgehead atoms. The summed E-state index contributed by atoms with van der Waals surface area (Å²) >= 11 is 0. The molecule has 2 aliphatic rings. The number of carbonyl (C=O) groups is 1. The molecule has 1 amide bonds. The first-order chi connectivity index (χ1) is 10.1. The monoisotopic (exact) mass is 290 g/mol. The lowest BCUT2D eigenvalue weighted by molar-refractivity contribution is -0.139. The molecule has 4 heteroatoms. The topological polar surface area (TPSA) is 46.3 Å². The van der Waals surface area contributed by atoms with E-state index in [1.54, 1.807) is 12.1 Å². The van der Waals surface area contributed by atoms with Gasteiger partial charge in [-0.3, -0.25) is 4.79 Å². The number of hydrogen-bond donors (Lipinski definition) is 1. The molecule has 3 rings (SSSR count). The molecule has 2 N–H and O–H groups in total. The van der Waals surface area contributed by atoms with E-state index in [1.165, 1.54) is 18.6 Å². The Morgan fingerprint density at radius 3 is 2.38 bits per heavy atom. The van der Waals surface area contributed by atoms with Crippen LogP contribution in [0.3, 0.4) is 0 Å². The van der Waals surface area contributed by atoms with Gasteiger partial charge in [-0.2, -0.15) is 0 Å². The fourth-order valence-electron chi connectivity index (χ4n) is 3.22. The van der Waals surface area contributed by atoms with Gasteiger partial charge in [-0.15, -0.1) is 0 Å². The summed E-state index contributed by atoms with van der Waals surface area (Å²) in [6, 6.07) is 6.72. The smallest absolute Gasteiger partial charge is 0.243 e. The van der Waals surface area contributed by atoms with E-state index in [0.29, 0.717) is 12.6 Å². The lowest BCUT2D eigenvalue weighted by Crippen LogP contribution is -2.56. The number of amides is 1. The summed E-state index contributed by atoms with van der Waals surface area (Å²) in [7, 11) is 0.